The Hall–Kier alpha value is -1.30. The maximum absolute atomic E-state index is 14.3. The predicted molar refractivity (Wildman–Crippen MR) is 78.9 cm³/mol. The van der Waals surface area contributed by atoms with Gasteiger partial charge in [0.15, 0.2) is 0 Å². The van der Waals surface area contributed by atoms with E-state index >= 15 is 0 Å². The zero-order chi connectivity index (χ0) is 16.5. The molecule has 0 aromatic rings. The van der Waals surface area contributed by atoms with Crippen molar-refractivity contribution in [3.05, 3.63) is 34.8 Å². The lowest BCUT2D eigenvalue weighted by Gasteiger charge is -2.38. The highest BCUT2D eigenvalue weighted by Crippen LogP contribution is 2.36. The second-order valence-corrected chi connectivity index (χ2v) is 6.21. The van der Waals surface area contributed by atoms with Gasteiger partial charge < -0.3 is 9.80 Å². The summed E-state index contributed by atoms with van der Waals surface area (Å²) in [6.45, 7) is 2.67. The Kier molecular flexibility index (Phi) is 5.00. The van der Waals surface area contributed by atoms with Crippen molar-refractivity contribution in [1.82, 2.24) is 9.80 Å². The van der Waals surface area contributed by atoms with Gasteiger partial charge in [0.05, 0.1) is 5.70 Å². The van der Waals surface area contributed by atoms with Crippen molar-refractivity contribution >= 4 is 0 Å². The number of allylic oxidation sites excluding steroid dienone is 5. The summed E-state index contributed by atoms with van der Waals surface area (Å²) < 4.78 is 53.5. The first kappa shape index (κ1) is 17.1. The number of likely N-dealkylation sites (tertiary alicyclic amines) is 1. The lowest BCUT2D eigenvalue weighted by atomic mass is 10.0. The Bertz CT molecular complexity index is 507. The number of hydrogen-bond donors (Lipinski definition) is 0. The zero-order valence-corrected chi connectivity index (χ0v) is 13.2. The summed E-state index contributed by atoms with van der Waals surface area (Å²) in [7, 11) is 3.98. The first-order chi connectivity index (χ1) is 10.2. The topological polar surface area (TPSA) is 6.48 Å². The number of nitrogens with zero attached hydrogens (tertiary/aromatic N) is 2. The van der Waals surface area contributed by atoms with Gasteiger partial charge in [0, 0.05) is 31.1 Å². The van der Waals surface area contributed by atoms with Gasteiger partial charge in [-0.15, -0.1) is 0 Å². The summed E-state index contributed by atoms with van der Waals surface area (Å²) in [5, 5.41) is 0. The Morgan fingerprint density at radius 2 is 1.73 bits per heavy atom. The first-order valence-electron chi connectivity index (χ1n) is 7.44. The average Bonchev–Trinajstić information content (AvgIpc) is 2.56. The molecule has 0 atom stereocenters. The van der Waals surface area contributed by atoms with E-state index in [1.807, 2.05) is 14.1 Å². The van der Waals surface area contributed by atoms with Crippen molar-refractivity contribution in [2.75, 3.05) is 27.2 Å². The largest absolute Gasteiger partial charge is 0.413 e. The molecule has 1 fully saturated rings. The van der Waals surface area contributed by atoms with E-state index < -0.39 is 24.0 Å². The van der Waals surface area contributed by atoms with E-state index in [1.165, 1.54) is 13.0 Å². The minimum absolute atomic E-state index is 0.164. The predicted octanol–water partition coefficient (Wildman–Crippen LogP) is 4.03. The lowest BCUT2D eigenvalue weighted by Crippen LogP contribution is -2.41. The molecule has 1 aliphatic heterocycles. The number of hydrogen-bond acceptors (Lipinski definition) is 2. The van der Waals surface area contributed by atoms with Gasteiger partial charge in [-0.1, -0.05) is 6.08 Å². The second kappa shape index (κ2) is 6.44. The molecule has 124 valence electrons. The standard InChI is InChI=1S/C16H22F4N2/c1-11-8-12(16(18,19)20)10-15(14(17)9-11)22-6-4-13(5-7-22)21(2)3/h8-9,13H,4-7,10H2,1-3H3. The van der Waals surface area contributed by atoms with Crippen LogP contribution in [0.5, 0.6) is 0 Å². The quantitative estimate of drug-likeness (QED) is 0.709. The highest BCUT2D eigenvalue weighted by Gasteiger charge is 2.36. The minimum atomic E-state index is -4.42. The fourth-order valence-corrected chi connectivity index (χ4v) is 3.01. The Morgan fingerprint density at radius 3 is 2.23 bits per heavy atom. The van der Waals surface area contributed by atoms with Crippen LogP contribution in [0.15, 0.2) is 34.8 Å². The zero-order valence-electron chi connectivity index (χ0n) is 13.2. The molecule has 1 aliphatic carbocycles. The second-order valence-electron chi connectivity index (χ2n) is 6.21. The van der Waals surface area contributed by atoms with Gasteiger partial charge in [0.2, 0.25) is 0 Å². The summed E-state index contributed by atoms with van der Waals surface area (Å²) in [5.41, 5.74) is -0.223. The van der Waals surface area contributed by atoms with Crippen LogP contribution >= 0.6 is 0 Å². The van der Waals surface area contributed by atoms with Crippen molar-refractivity contribution < 1.29 is 17.6 Å². The van der Waals surface area contributed by atoms with Gasteiger partial charge in [0.25, 0.3) is 0 Å². The molecule has 1 heterocycles. The van der Waals surface area contributed by atoms with Gasteiger partial charge in [-0.05, 0) is 45.5 Å². The number of piperidine rings is 1. The minimum Gasteiger partial charge on any atom is -0.372 e. The summed E-state index contributed by atoms with van der Waals surface area (Å²) in [5.74, 6) is -0.545. The van der Waals surface area contributed by atoms with E-state index in [-0.39, 0.29) is 5.70 Å². The molecule has 0 saturated carbocycles. The molecule has 2 rings (SSSR count). The van der Waals surface area contributed by atoms with Gasteiger partial charge in [-0.3, -0.25) is 0 Å². The molecule has 0 aromatic heterocycles. The Morgan fingerprint density at radius 1 is 1.14 bits per heavy atom. The molecule has 0 amide bonds. The van der Waals surface area contributed by atoms with Crippen LogP contribution in [0.3, 0.4) is 0 Å². The molecule has 0 spiro atoms. The first-order valence-corrected chi connectivity index (χ1v) is 7.44. The number of halogens is 4. The van der Waals surface area contributed by atoms with Gasteiger partial charge in [-0.25, -0.2) is 4.39 Å². The summed E-state index contributed by atoms with van der Waals surface area (Å²) in [4.78, 5) is 3.88. The van der Waals surface area contributed by atoms with Crippen LogP contribution in [0.4, 0.5) is 17.6 Å². The summed E-state index contributed by atoms with van der Waals surface area (Å²) in [6.07, 6.45) is -0.914. The van der Waals surface area contributed by atoms with Gasteiger partial charge in [0.1, 0.15) is 5.83 Å². The fourth-order valence-electron chi connectivity index (χ4n) is 3.01. The molecule has 2 nitrogen and oxygen atoms in total. The van der Waals surface area contributed by atoms with Crippen molar-refractivity contribution in [3.63, 3.8) is 0 Å². The molecule has 0 unspecified atom stereocenters. The van der Waals surface area contributed by atoms with Crippen molar-refractivity contribution in [3.8, 4) is 0 Å². The molecule has 22 heavy (non-hydrogen) atoms. The van der Waals surface area contributed by atoms with Gasteiger partial charge in [-0.2, -0.15) is 13.2 Å². The van der Waals surface area contributed by atoms with E-state index in [9.17, 15) is 17.6 Å². The van der Waals surface area contributed by atoms with E-state index in [0.717, 1.165) is 18.9 Å². The van der Waals surface area contributed by atoms with E-state index in [0.29, 0.717) is 24.7 Å². The Balaban J connectivity index is 2.20. The maximum atomic E-state index is 14.3. The molecule has 0 N–H and O–H groups in total. The highest BCUT2D eigenvalue weighted by molar-refractivity contribution is 5.38. The van der Waals surface area contributed by atoms with Crippen LogP contribution < -0.4 is 0 Å². The molecular weight excluding hydrogens is 296 g/mol. The normalized spacial score (nSPS) is 21.9. The molecule has 0 bridgehead atoms. The molecule has 6 heteroatoms. The maximum Gasteiger partial charge on any atom is 0.413 e. The third-order valence-electron chi connectivity index (χ3n) is 4.33. The third kappa shape index (κ3) is 3.91. The lowest BCUT2D eigenvalue weighted by molar-refractivity contribution is -0.0937. The average molecular weight is 318 g/mol. The van der Waals surface area contributed by atoms with Crippen LogP contribution in [-0.4, -0.2) is 49.2 Å². The fraction of sp³-hybridized carbons (Fsp3) is 0.625. The number of rotatable bonds is 2. The summed E-state index contributed by atoms with van der Waals surface area (Å²) >= 11 is 0. The van der Waals surface area contributed by atoms with Crippen LogP contribution in [0.25, 0.3) is 0 Å². The van der Waals surface area contributed by atoms with E-state index in [4.69, 9.17) is 0 Å². The number of alkyl halides is 3. The van der Waals surface area contributed by atoms with E-state index in [2.05, 4.69) is 4.90 Å². The van der Waals surface area contributed by atoms with Crippen molar-refractivity contribution in [2.24, 2.45) is 0 Å². The smallest absolute Gasteiger partial charge is 0.372 e. The highest BCUT2D eigenvalue weighted by atomic mass is 19.4. The molecule has 1 saturated heterocycles. The van der Waals surface area contributed by atoms with Gasteiger partial charge >= 0.3 is 6.18 Å². The molecular formula is C16H22F4N2. The van der Waals surface area contributed by atoms with Crippen LogP contribution in [-0.2, 0) is 0 Å². The van der Waals surface area contributed by atoms with Crippen molar-refractivity contribution in [2.45, 2.75) is 38.4 Å². The third-order valence-corrected chi connectivity index (χ3v) is 4.33. The van der Waals surface area contributed by atoms with Crippen LogP contribution in [0.1, 0.15) is 26.2 Å². The Labute approximate surface area is 128 Å². The monoisotopic (exact) mass is 318 g/mol. The molecule has 0 radical (unpaired) electrons. The molecule has 0 aromatic carbocycles. The summed E-state index contributed by atoms with van der Waals surface area (Å²) in [6, 6.07) is 0.403. The molecule has 2 aliphatic rings. The van der Waals surface area contributed by atoms with Crippen molar-refractivity contribution in [1.29, 1.82) is 0 Å². The van der Waals surface area contributed by atoms with E-state index in [1.54, 1.807) is 4.90 Å². The SMILES string of the molecule is CC1=CC(F)=C(N2CCC(N(C)C)CC2)CC(C(F)(F)F)=C1. The van der Waals surface area contributed by atoms with Crippen LogP contribution in [0.2, 0.25) is 0 Å². The van der Waals surface area contributed by atoms with Crippen LogP contribution in [0, 0.1) is 0 Å².